The lowest BCUT2D eigenvalue weighted by Gasteiger charge is -2.07. The van der Waals surface area contributed by atoms with Crippen molar-refractivity contribution >= 4 is 5.69 Å². The molecule has 2 aromatic rings. The molecule has 18 heavy (non-hydrogen) atoms. The average Bonchev–Trinajstić information content (AvgIpc) is 2.45. The molecule has 0 aromatic heterocycles. The molecule has 0 aliphatic carbocycles. The summed E-state index contributed by atoms with van der Waals surface area (Å²) in [5, 5.41) is 3.41. The Balaban J connectivity index is 1.88. The minimum absolute atomic E-state index is 0.867. The Bertz CT molecular complexity index is 471. The van der Waals surface area contributed by atoms with Crippen LogP contribution in [-0.2, 0) is 13.0 Å². The van der Waals surface area contributed by atoms with Gasteiger partial charge >= 0.3 is 0 Å². The predicted octanol–water partition coefficient (Wildman–Crippen LogP) is 4.42. The Morgan fingerprint density at radius 2 is 1.56 bits per heavy atom. The largest absolute Gasteiger partial charge is 0.381 e. The normalized spacial score (nSPS) is 10.0. The van der Waals surface area contributed by atoms with Crippen molar-refractivity contribution in [3.8, 4) is 0 Å². The van der Waals surface area contributed by atoms with Crippen LogP contribution in [0, 0.1) is 0 Å². The summed E-state index contributed by atoms with van der Waals surface area (Å²) in [5.74, 6) is 0. The molecule has 1 heteroatoms. The first-order chi connectivity index (χ1) is 8.88. The summed E-state index contributed by atoms with van der Waals surface area (Å²) in [7, 11) is 0. The Labute approximate surface area is 109 Å². The van der Waals surface area contributed by atoms with Crippen LogP contribution in [0.25, 0.3) is 0 Å². The molecule has 0 aliphatic rings. The maximum absolute atomic E-state index is 3.75. The van der Waals surface area contributed by atoms with E-state index in [0.717, 1.165) is 25.1 Å². The Morgan fingerprint density at radius 1 is 0.889 bits per heavy atom. The van der Waals surface area contributed by atoms with E-state index in [0.29, 0.717) is 0 Å². The van der Waals surface area contributed by atoms with E-state index in [9.17, 15) is 0 Å². The summed E-state index contributed by atoms with van der Waals surface area (Å²) in [6, 6.07) is 19.1. The highest BCUT2D eigenvalue weighted by Gasteiger charge is 1.95. The minimum atomic E-state index is 0.867. The molecule has 92 valence electrons. The number of anilines is 1. The fourth-order valence-corrected chi connectivity index (χ4v) is 1.85. The summed E-state index contributed by atoms with van der Waals surface area (Å²) in [6.45, 7) is 4.61. The first-order valence-electron chi connectivity index (χ1n) is 6.36. The van der Waals surface area contributed by atoms with Crippen LogP contribution >= 0.6 is 0 Å². The number of allylic oxidation sites excluding steroid dienone is 1. The highest BCUT2D eigenvalue weighted by Crippen LogP contribution is 2.10. The monoisotopic (exact) mass is 237 g/mol. The summed E-state index contributed by atoms with van der Waals surface area (Å²) in [5.41, 5.74) is 3.84. The highest BCUT2D eigenvalue weighted by molar-refractivity contribution is 5.43. The molecule has 0 spiro atoms. The molecule has 0 amide bonds. The third-order valence-electron chi connectivity index (χ3n) is 2.93. The quantitative estimate of drug-likeness (QED) is 0.733. The van der Waals surface area contributed by atoms with E-state index in [4.69, 9.17) is 0 Å². The molecular formula is C17H19N. The zero-order valence-electron chi connectivity index (χ0n) is 10.6. The third kappa shape index (κ3) is 3.77. The van der Waals surface area contributed by atoms with Crippen molar-refractivity contribution in [2.45, 2.75) is 19.4 Å². The van der Waals surface area contributed by atoms with Crippen molar-refractivity contribution in [1.82, 2.24) is 0 Å². The molecule has 0 radical (unpaired) electrons. The van der Waals surface area contributed by atoms with Gasteiger partial charge in [-0.25, -0.2) is 0 Å². The van der Waals surface area contributed by atoms with Crippen LogP contribution < -0.4 is 5.32 Å². The van der Waals surface area contributed by atoms with Crippen LogP contribution in [0.3, 0.4) is 0 Å². The van der Waals surface area contributed by atoms with Crippen molar-refractivity contribution < 1.29 is 0 Å². The maximum Gasteiger partial charge on any atom is 0.0400 e. The van der Waals surface area contributed by atoms with Crippen LogP contribution in [-0.4, -0.2) is 0 Å². The molecule has 0 atom stereocenters. The van der Waals surface area contributed by atoms with E-state index < -0.39 is 0 Å². The number of rotatable bonds is 6. The van der Waals surface area contributed by atoms with Gasteiger partial charge in [-0.05, 0) is 36.1 Å². The lowest BCUT2D eigenvalue weighted by molar-refractivity contribution is 0.999. The van der Waals surface area contributed by atoms with Crippen LogP contribution in [0.1, 0.15) is 17.5 Å². The zero-order chi connectivity index (χ0) is 12.6. The lowest BCUT2D eigenvalue weighted by Crippen LogP contribution is -1.99. The topological polar surface area (TPSA) is 12.0 Å². The predicted molar refractivity (Wildman–Crippen MR) is 78.7 cm³/mol. The summed E-state index contributed by atoms with van der Waals surface area (Å²) in [4.78, 5) is 0. The molecule has 1 nitrogen and oxygen atoms in total. The Kier molecular flexibility index (Phi) is 4.60. The van der Waals surface area contributed by atoms with Crippen LogP contribution in [0.2, 0.25) is 0 Å². The minimum Gasteiger partial charge on any atom is -0.381 e. The van der Waals surface area contributed by atoms with Gasteiger partial charge in [-0.3, -0.25) is 0 Å². The first kappa shape index (κ1) is 12.4. The third-order valence-corrected chi connectivity index (χ3v) is 2.93. The molecule has 1 N–H and O–H groups in total. The highest BCUT2D eigenvalue weighted by atomic mass is 14.9. The van der Waals surface area contributed by atoms with Gasteiger partial charge in [-0.2, -0.15) is 0 Å². The van der Waals surface area contributed by atoms with E-state index in [1.165, 1.54) is 11.1 Å². The van der Waals surface area contributed by atoms with Crippen molar-refractivity contribution in [2.75, 3.05) is 5.32 Å². The molecular weight excluding hydrogens is 218 g/mol. The second kappa shape index (κ2) is 6.65. The summed E-state index contributed by atoms with van der Waals surface area (Å²) in [6.07, 6.45) is 4.09. The summed E-state index contributed by atoms with van der Waals surface area (Å²) >= 11 is 0. The maximum atomic E-state index is 3.75. The number of nitrogens with one attached hydrogen (secondary N) is 1. The van der Waals surface area contributed by atoms with Gasteiger partial charge in [0, 0.05) is 12.2 Å². The van der Waals surface area contributed by atoms with Gasteiger partial charge in [0.1, 0.15) is 0 Å². The number of hydrogen-bond acceptors (Lipinski definition) is 1. The van der Waals surface area contributed by atoms with Gasteiger partial charge in [-0.1, -0.05) is 48.5 Å². The van der Waals surface area contributed by atoms with Crippen molar-refractivity contribution in [1.29, 1.82) is 0 Å². The van der Waals surface area contributed by atoms with E-state index in [1.54, 1.807) is 0 Å². The molecule has 0 saturated carbocycles. The number of para-hydroxylation sites is 1. The van der Waals surface area contributed by atoms with E-state index >= 15 is 0 Å². The average molecular weight is 237 g/mol. The fourth-order valence-electron chi connectivity index (χ4n) is 1.85. The standard InChI is InChI=1S/C17H19N/c1-2-3-7-15-10-12-16(13-11-15)14-18-17-8-5-4-6-9-17/h2,4-6,8-13,18H,1,3,7,14H2. The SMILES string of the molecule is C=CCCc1ccc(CNc2ccccc2)cc1. The fraction of sp³-hybridized carbons (Fsp3) is 0.176. The van der Waals surface area contributed by atoms with Crippen molar-refractivity contribution in [3.05, 3.63) is 78.4 Å². The molecule has 0 unspecified atom stereocenters. The van der Waals surface area contributed by atoms with Crippen molar-refractivity contribution in [3.63, 3.8) is 0 Å². The van der Waals surface area contributed by atoms with Crippen LogP contribution in [0.4, 0.5) is 5.69 Å². The van der Waals surface area contributed by atoms with Gasteiger partial charge < -0.3 is 5.32 Å². The molecule has 0 fully saturated rings. The van der Waals surface area contributed by atoms with E-state index in [-0.39, 0.29) is 0 Å². The number of benzene rings is 2. The lowest BCUT2D eigenvalue weighted by atomic mass is 10.1. The molecule has 0 bridgehead atoms. The van der Waals surface area contributed by atoms with Gasteiger partial charge in [0.05, 0.1) is 0 Å². The molecule has 2 aromatic carbocycles. The van der Waals surface area contributed by atoms with Gasteiger partial charge in [0.15, 0.2) is 0 Å². The van der Waals surface area contributed by atoms with E-state index in [1.807, 2.05) is 24.3 Å². The smallest absolute Gasteiger partial charge is 0.0400 e. The van der Waals surface area contributed by atoms with Crippen LogP contribution in [0.5, 0.6) is 0 Å². The summed E-state index contributed by atoms with van der Waals surface area (Å²) < 4.78 is 0. The second-order valence-corrected chi connectivity index (χ2v) is 4.36. The number of aryl methyl sites for hydroxylation is 1. The molecule has 0 aliphatic heterocycles. The van der Waals surface area contributed by atoms with Crippen molar-refractivity contribution in [2.24, 2.45) is 0 Å². The zero-order valence-corrected chi connectivity index (χ0v) is 10.6. The van der Waals surface area contributed by atoms with Gasteiger partial charge in [-0.15, -0.1) is 6.58 Å². The molecule has 0 saturated heterocycles. The van der Waals surface area contributed by atoms with Gasteiger partial charge in [0.2, 0.25) is 0 Å². The van der Waals surface area contributed by atoms with Crippen LogP contribution in [0.15, 0.2) is 67.3 Å². The second-order valence-electron chi connectivity index (χ2n) is 4.36. The van der Waals surface area contributed by atoms with Gasteiger partial charge in [0.25, 0.3) is 0 Å². The first-order valence-corrected chi connectivity index (χ1v) is 6.36. The molecule has 2 rings (SSSR count). The number of hydrogen-bond donors (Lipinski definition) is 1. The Hall–Kier alpha value is -2.02. The van der Waals surface area contributed by atoms with E-state index in [2.05, 4.69) is 48.3 Å². The Morgan fingerprint density at radius 3 is 2.22 bits per heavy atom. The molecule has 0 heterocycles.